The van der Waals surface area contributed by atoms with E-state index in [4.69, 9.17) is 0 Å². The Morgan fingerprint density at radius 3 is 2.88 bits per heavy atom. The zero-order valence-electron chi connectivity index (χ0n) is 13.2. The van der Waals surface area contributed by atoms with Crippen LogP contribution in [0.15, 0.2) is 18.6 Å². The van der Waals surface area contributed by atoms with Gasteiger partial charge in [-0.1, -0.05) is 0 Å². The van der Waals surface area contributed by atoms with Gasteiger partial charge in [0, 0.05) is 39.0 Å². The van der Waals surface area contributed by atoms with E-state index in [1.54, 1.807) is 28.7 Å². The van der Waals surface area contributed by atoms with E-state index in [-0.39, 0.29) is 18.2 Å². The van der Waals surface area contributed by atoms with Crippen molar-refractivity contribution < 1.29 is 18.0 Å². The second-order valence-corrected chi connectivity index (χ2v) is 6.10. The first-order chi connectivity index (χ1) is 11.3. The molecular weight excluding hydrogens is 323 g/mol. The maximum absolute atomic E-state index is 12.7. The van der Waals surface area contributed by atoms with Crippen LogP contribution in [0, 0.1) is 5.92 Å². The third kappa shape index (κ3) is 3.77. The summed E-state index contributed by atoms with van der Waals surface area (Å²) in [6.45, 7) is 0.879. The van der Waals surface area contributed by atoms with Crippen LogP contribution in [-0.4, -0.2) is 31.8 Å². The molecule has 0 radical (unpaired) electrons. The highest BCUT2D eigenvalue weighted by Gasteiger charge is 2.35. The molecule has 0 saturated heterocycles. The molecule has 6 nitrogen and oxygen atoms in total. The molecule has 24 heavy (non-hydrogen) atoms. The molecule has 0 spiro atoms. The first-order valence-corrected chi connectivity index (χ1v) is 7.68. The van der Waals surface area contributed by atoms with Crippen molar-refractivity contribution in [3.8, 4) is 0 Å². The zero-order valence-corrected chi connectivity index (χ0v) is 13.2. The van der Waals surface area contributed by atoms with E-state index in [0.29, 0.717) is 31.8 Å². The van der Waals surface area contributed by atoms with E-state index >= 15 is 0 Å². The van der Waals surface area contributed by atoms with Crippen molar-refractivity contribution in [1.82, 2.24) is 24.6 Å². The van der Waals surface area contributed by atoms with E-state index in [1.165, 1.54) is 0 Å². The lowest BCUT2D eigenvalue weighted by molar-refractivity contribution is -0.141. The predicted molar refractivity (Wildman–Crippen MR) is 79.0 cm³/mol. The summed E-state index contributed by atoms with van der Waals surface area (Å²) in [4.78, 5) is 15.6. The second-order valence-electron chi connectivity index (χ2n) is 6.10. The third-order valence-corrected chi connectivity index (χ3v) is 4.09. The van der Waals surface area contributed by atoms with Crippen molar-refractivity contribution in [3.63, 3.8) is 0 Å². The van der Waals surface area contributed by atoms with Gasteiger partial charge in [0.1, 0.15) is 5.82 Å². The number of halogens is 3. The number of fused-ring (bicyclic) bond motifs is 1. The Morgan fingerprint density at radius 2 is 2.21 bits per heavy atom. The van der Waals surface area contributed by atoms with Crippen molar-refractivity contribution in [3.05, 3.63) is 35.7 Å². The summed E-state index contributed by atoms with van der Waals surface area (Å²) in [5, 5.41) is 6.85. The molecule has 130 valence electrons. The zero-order chi connectivity index (χ0) is 17.3. The quantitative estimate of drug-likeness (QED) is 0.918. The summed E-state index contributed by atoms with van der Waals surface area (Å²) in [7, 11) is 1.78. The lowest BCUT2D eigenvalue weighted by Crippen LogP contribution is -2.34. The van der Waals surface area contributed by atoms with E-state index < -0.39 is 11.9 Å². The lowest BCUT2D eigenvalue weighted by Gasteiger charge is -2.23. The summed E-state index contributed by atoms with van der Waals surface area (Å²) < 4.78 is 41.3. The van der Waals surface area contributed by atoms with Gasteiger partial charge >= 0.3 is 6.18 Å². The average molecular weight is 341 g/mol. The predicted octanol–water partition coefficient (Wildman–Crippen LogP) is 1.56. The number of hydrogen-bond acceptors (Lipinski definition) is 3. The van der Waals surface area contributed by atoms with Crippen LogP contribution >= 0.6 is 0 Å². The molecule has 1 aliphatic rings. The van der Waals surface area contributed by atoms with Gasteiger partial charge in [-0.05, 0) is 17.9 Å². The number of imidazole rings is 1. The molecule has 0 fully saturated rings. The smallest absolute Gasteiger partial charge is 0.355 e. The van der Waals surface area contributed by atoms with E-state index in [1.807, 2.05) is 0 Å². The van der Waals surface area contributed by atoms with Crippen LogP contribution in [0.25, 0.3) is 0 Å². The van der Waals surface area contributed by atoms with Crippen molar-refractivity contribution in [2.45, 2.75) is 32.0 Å². The standard InChI is InChI=1S/C15H18F3N5O/c1-22-7-11(6-20-22)4-14(24)19-5-10-2-3-13-21-12(15(16,17)18)9-23(13)8-10/h6-7,9-10H,2-5,8H2,1H3,(H,19,24). The van der Waals surface area contributed by atoms with Crippen molar-refractivity contribution in [2.24, 2.45) is 13.0 Å². The van der Waals surface area contributed by atoms with Gasteiger partial charge in [0.2, 0.25) is 5.91 Å². The minimum atomic E-state index is -4.42. The van der Waals surface area contributed by atoms with E-state index in [2.05, 4.69) is 15.4 Å². The molecule has 1 unspecified atom stereocenters. The number of carbonyl (C=O) groups is 1. The molecule has 1 atom stereocenters. The van der Waals surface area contributed by atoms with Gasteiger partial charge in [0.25, 0.3) is 0 Å². The van der Waals surface area contributed by atoms with Crippen LogP contribution in [0.3, 0.4) is 0 Å². The van der Waals surface area contributed by atoms with Crippen molar-refractivity contribution in [2.75, 3.05) is 6.54 Å². The Hall–Kier alpha value is -2.32. The molecule has 0 bridgehead atoms. The van der Waals surface area contributed by atoms with Gasteiger partial charge in [-0.3, -0.25) is 9.48 Å². The number of rotatable bonds is 4. The number of alkyl halides is 3. The van der Waals surface area contributed by atoms with Gasteiger partial charge < -0.3 is 9.88 Å². The van der Waals surface area contributed by atoms with Gasteiger partial charge in [-0.25, -0.2) is 4.98 Å². The fourth-order valence-electron chi connectivity index (χ4n) is 2.89. The van der Waals surface area contributed by atoms with Crippen LogP contribution in [0.2, 0.25) is 0 Å². The Morgan fingerprint density at radius 1 is 1.42 bits per heavy atom. The molecule has 3 rings (SSSR count). The van der Waals surface area contributed by atoms with Gasteiger partial charge in [-0.15, -0.1) is 0 Å². The third-order valence-electron chi connectivity index (χ3n) is 4.09. The lowest BCUT2D eigenvalue weighted by atomic mass is 9.99. The SMILES string of the molecule is Cn1cc(CC(=O)NCC2CCc3nc(C(F)(F)F)cn3C2)cn1. The molecule has 0 aromatic carbocycles. The van der Waals surface area contributed by atoms with Crippen LogP contribution in [0.4, 0.5) is 13.2 Å². The van der Waals surface area contributed by atoms with Crippen molar-refractivity contribution in [1.29, 1.82) is 0 Å². The fourth-order valence-corrected chi connectivity index (χ4v) is 2.89. The highest BCUT2D eigenvalue weighted by Crippen LogP contribution is 2.30. The summed E-state index contributed by atoms with van der Waals surface area (Å²) in [5.41, 5.74) is -0.0240. The summed E-state index contributed by atoms with van der Waals surface area (Å²) in [6.07, 6.45) is 1.49. The Bertz CT molecular complexity index is 734. The number of amides is 1. The number of nitrogens with zero attached hydrogens (tertiary/aromatic N) is 4. The molecule has 3 heterocycles. The van der Waals surface area contributed by atoms with Crippen molar-refractivity contribution >= 4 is 5.91 Å². The van der Waals surface area contributed by atoms with Gasteiger partial charge in [0.05, 0.1) is 12.6 Å². The normalized spacial score (nSPS) is 17.6. The summed E-state index contributed by atoms with van der Waals surface area (Å²) in [5.74, 6) is 0.446. The maximum atomic E-state index is 12.7. The number of aryl methyl sites for hydroxylation is 2. The van der Waals surface area contributed by atoms with Crippen LogP contribution in [0.1, 0.15) is 23.5 Å². The summed E-state index contributed by atoms with van der Waals surface area (Å²) >= 11 is 0. The fraction of sp³-hybridized carbons (Fsp3) is 0.533. The molecule has 1 N–H and O–H groups in total. The van der Waals surface area contributed by atoms with Gasteiger partial charge in [-0.2, -0.15) is 18.3 Å². The first kappa shape index (κ1) is 16.5. The number of hydrogen-bond donors (Lipinski definition) is 1. The number of carbonyl (C=O) groups excluding carboxylic acids is 1. The second kappa shape index (κ2) is 6.29. The minimum Gasteiger partial charge on any atom is -0.355 e. The molecule has 1 aliphatic heterocycles. The Kier molecular flexibility index (Phi) is 4.33. The highest BCUT2D eigenvalue weighted by atomic mass is 19.4. The molecular formula is C15H18F3N5O. The molecule has 9 heteroatoms. The largest absolute Gasteiger partial charge is 0.434 e. The van der Waals surface area contributed by atoms with Crippen LogP contribution in [-0.2, 0) is 37.4 Å². The monoisotopic (exact) mass is 341 g/mol. The Balaban J connectivity index is 1.52. The molecule has 2 aromatic rings. The highest BCUT2D eigenvalue weighted by molar-refractivity contribution is 5.78. The molecule has 2 aromatic heterocycles. The molecule has 0 saturated carbocycles. The van der Waals surface area contributed by atoms with E-state index in [0.717, 1.165) is 11.8 Å². The minimum absolute atomic E-state index is 0.102. The Labute approximate surface area is 136 Å². The van der Waals surface area contributed by atoms with Crippen LogP contribution in [0.5, 0.6) is 0 Å². The molecule has 1 amide bonds. The molecule has 0 aliphatic carbocycles. The summed E-state index contributed by atoms with van der Waals surface area (Å²) in [6, 6.07) is 0. The van der Waals surface area contributed by atoms with E-state index in [9.17, 15) is 18.0 Å². The van der Waals surface area contributed by atoms with Crippen LogP contribution < -0.4 is 5.32 Å². The average Bonchev–Trinajstić information content (AvgIpc) is 3.10. The maximum Gasteiger partial charge on any atom is 0.434 e. The first-order valence-electron chi connectivity index (χ1n) is 7.68. The number of aromatic nitrogens is 4. The topological polar surface area (TPSA) is 64.7 Å². The number of nitrogens with one attached hydrogen (secondary N) is 1. The van der Waals surface area contributed by atoms with Gasteiger partial charge in [0.15, 0.2) is 5.69 Å².